The summed E-state index contributed by atoms with van der Waals surface area (Å²) in [6.07, 6.45) is 27.7. The van der Waals surface area contributed by atoms with Crippen molar-refractivity contribution in [3.8, 4) is 5.75 Å². The van der Waals surface area contributed by atoms with Crippen LogP contribution in [-0.2, 0) is 4.79 Å². The van der Waals surface area contributed by atoms with Crippen LogP contribution in [0.1, 0.15) is 149 Å². The third-order valence-corrected chi connectivity index (χ3v) is 6.62. The molecule has 0 aliphatic rings. The number of anilines is 1. The molecule has 0 heterocycles. The molecular formula is C31H55NO2. The van der Waals surface area contributed by atoms with Gasteiger partial charge in [-0.1, -0.05) is 129 Å². The van der Waals surface area contributed by atoms with Crippen molar-refractivity contribution in [1.82, 2.24) is 0 Å². The van der Waals surface area contributed by atoms with Crippen LogP contribution in [-0.4, -0.2) is 12.5 Å². The molecule has 0 bridgehead atoms. The van der Waals surface area contributed by atoms with Gasteiger partial charge in [0.25, 0.3) is 0 Å². The first-order chi connectivity index (χ1) is 16.8. The van der Waals surface area contributed by atoms with E-state index in [0.29, 0.717) is 6.42 Å². The van der Waals surface area contributed by atoms with Crippen LogP contribution in [0.4, 0.5) is 5.69 Å². The molecule has 0 saturated carbocycles. The lowest BCUT2D eigenvalue weighted by Gasteiger charge is -2.08. The summed E-state index contributed by atoms with van der Waals surface area (Å²) in [5.41, 5.74) is 0.853. The molecule has 0 aliphatic heterocycles. The van der Waals surface area contributed by atoms with Crippen LogP contribution in [0.3, 0.4) is 0 Å². The van der Waals surface area contributed by atoms with E-state index in [1.54, 1.807) is 0 Å². The molecule has 0 aliphatic carbocycles. The number of hydrogen-bond donors (Lipinski definition) is 1. The zero-order valence-electron chi connectivity index (χ0n) is 22.7. The summed E-state index contributed by atoms with van der Waals surface area (Å²) < 4.78 is 5.57. The third kappa shape index (κ3) is 18.9. The van der Waals surface area contributed by atoms with Gasteiger partial charge < -0.3 is 10.1 Å². The van der Waals surface area contributed by atoms with Crippen LogP contribution < -0.4 is 10.1 Å². The average molecular weight is 474 g/mol. The zero-order valence-corrected chi connectivity index (χ0v) is 22.7. The highest BCUT2D eigenvalue weighted by Crippen LogP contribution is 2.17. The first-order valence-electron chi connectivity index (χ1n) is 14.8. The van der Waals surface area contributed by atoms with E-state index in [1.165, 1.54) is 109 Å². The summed E-state index contributed by atoms with van der Waals surface area (Å²) in [5.74, 6) is 0.979. The fourth-order valence-corrected chi connectivity index (χ4v) is 4.44. The predicted octanol–water partition coefficient (Wildman–Crippen LogP) is 10.2. The maximum Gasteiger partial charge on any atom is 0.224 e. The fourth-order valence-electron chi connectivity index (χ4n) is 4.44. The van der Waals surface area contributed by atoms with Crippen molar-refractivity contribution in [3.63, 3.8) is 0 Å². The van der Waals surface area contributed by atoms with E-state index in [0.717, 1.165) is 37.3 Å². The van der Waals surface area contributed by atoms with Crippen LogP contribution in [0.25, 0.3) is 0 Å². The Hall–Kier alpha value is -1.51. The number of carbonyl (C=O) groups excluding carboxylic acids is 1. The highest BCUT2D eigenvalue weighted by Gasteiger charge is 2.03. The Balaban J connectivity index is 1.81. The molecule has 196 valence electrons. The van der Waals surface area contributed by atoms with E-state index >= 15 is 0 Å². The van der Waals surface area contributed by atoms with Gasteiger partial charge in [-0.25, -0.2) is 0 Å². The number of amides is 1. The number of carbonyl (C=O) groups is 1. The Morgan fingerprint density at radius 3 is 1.41 bits per heavy atom. The van der Waals surface area contributed by atoms with Gasteiger partial charge in [0.05, 0.1) is 6.61 Å². The normalized spacial score (nSPS) is 11.0. The fraction of sp³-hybridized carbons (Fsp3) is 0.774. The largest absolute Gasteiger partial charge is 0.494 e. The smallest absolute Gasteiger partial charge is 0.224 e. The van der Waals surface area contributed by atoms with Gasteiger partial charge in [-0.15, -0.1) is 0 Å². The predicted molar refractivity (Wildman–Crippen MR) is 149 cm³/mol. The van der Waals surface area contributed by atoms with E-state index in [1.807, 2.05) is 24.3 Å². The van der Waals surface area contributed by atoms with Gasteiger partial charge in [-0.3, -0.25) is 4.79 Å². The second-order valence-electron chi connectivity index (χ2n) is 10.0. The Bertz CT molecular complexity index is 569. The molecule has 0 fully saturated rings. The zero-order chi connectivity index (χ0) is 24.5. The highest BCUT2D eigenvalue weighted by atomic mass is 16.5. The Kier molecular flexibility index (Phi) is 20.9. The van der Waals surface area contributed by atoms with Crippen molar-refractivity contribution in [3.05, 3.63) is 24.3 Å². The molecule has 1 aromatic carbocycles. The lowest BCUT2D eigenvalue weighted by Crippen LogP contribution is -2.10. The minimum Gasteiger partial charge on any atom is -0.494 e. The van der Waals surface area contributed by atoms with Gasteiger partial charge >= 0.3 is 0 Å². The molecule has 34 heavy (non-hydrogen) atoms. The second-order valence-corrected chi connectivity index (χ2v) is 10.0. The van der Waals surface area contributed by atoms with Crippen molar-refractivity contribution >= 4 is 11.6 Å². The molecule has 3 nitrogen and oxygen atoms in total. The van der Waals surface area contributed by atoms with Gasteiger partial charge in [-0.05, 0) is 37.1 Å². The van der Waals surface area contributed by atoms with Crippen molar-refractivity contribution < 1.29 is 9.53 Å². The SMILES string of the molecule is CCCCCCCCCCCCCCCCCCCCCC(=O)Nc1ccc(OCCC)cc1. The first-order valence-corrected chi connectivity index (χ1v) is 14.8. The second kappa shape index (κ2) is 23.2. The van der Waals surface area contributed by atoms with E-state index in [2.05, 4.69) is 19.2 Å². The molecule has 0 radical (unpaired) electrons. The van der Waals surface area contributed by atoms with E-state index in [9.17, 15) is 4.79 Å². The third-order valence-electron chi connectivity index (χ3n) is 6.62. The molecule has 0 saturated heterocycles. The number of rotatable bonds is 24. The molecule has 0 aromatic heterocycles. The van der Waals surface area contributed by atoms with Crippen LogP contribution in [0.2, 0.25) is 0 Å². The number of ether oxygens (including phenoxy) is 1. The Morgan fingerprint density at radius 1 is 0.588 bits per heavy atom. The summed E-state index contributed by atoms with van der Waals surface area (Å²) in [5, 5.41) is 2.99. The minimum atomic E-state index is 0.120. The lowest BCUT2D eigenvalue weighted by atomic mass is 10.0. The number of hydrogen-bond acceptors (Lipinski definition) is 2. The van der Waals surface area contributed by atoms with Crippen LogP contribution in [0.5, 0.6) is 5.75 Å². The summed E-state index contributed by atoms with van der Waals surface area (Å²) in [7, 11) is 0. The molecule has 1 amide bonds. The van der Waals surface area contributed by atoms with Gasteiger partial charge in [0.2, 0.25) is 5.91 Å². The Labute approximate surface area is 211 Å². The Morgan fingerprint density at radius 2 is 1.00 bits per heavy atom. The maximum atomic E-state index is 12.1. The van der Waals surface area contributed by atoms with Gasteiger partial charge in [0.15, 0.2) is 0 Å². The van der Waals surface area contributed by atoms with Gasteiger partial charge in [0.1, 0.15) is 5.75 Å². The summed E-state index contributed by atoms with van der Waals surface area (Å²) in [6.45, 7) is 5.11. The van der Waals surface area contributed by atoms with Crippen LogP contribution >= 0.6 is 0 Å². The number of benzene rings is 1. The van der Waals surface area contributed by atoms with Crippen molar-refractivity contribution in [2.45, 2.75) is 149 Å². The molecule has 0 spiro atoms. The van der Waals surface area contributed by atoms with Crippen LogP contribution in [0, 0.1) is 0 Å². The standard InChI is InChI=1S/C31H55NO2/c1-3-5-6-7-8-9-10-11-12-13-14-15-16-17-18-19-20-21-22-23-31(33)32-29-24-26-30(27-25-29)34-28-4-2/h24-27H,3-23,28H2,1-2H3,(H,32,33). The highest BCUT2D eigenvalue weighted by molar-refractivity contribution is 5.90. The molecule has 0 unspecified atom stereocenters. The molecule has 1 aromatic rings. The molecule has 1 N–H and O–H groups in total. The average Bonchev–Trinajstić information content (AvgIpc) is 2.85. The monoisotopic (exact) mass is 473 g/mol. The maximum absolute atomic E-state index is 12.1. The lowest BCUT2D eigenvalue weighted by molar-refractivity contribution is -0.116. The number of nitrogens with one attached hydrogen (secondary N) is 1. The molecule has 1 rings (SSSR count). The van der Waals surface area contributed by atoms with E-state index in [-0.39, 0.29) is 5.91 Å². The van der Waals surface area contributed by atoms with Crippen LogP contribution in [0.15, 0.2) is 24.3 Å². The number of unbranched alkanes of at least 4 members (excludes halogenated alkanes) is 18. The first kappa shape index (κ1) is 30.5. The molecule has 3 heteroatoms. The van der Waals surface area contributed by atoms with E-state index < -0.39 is 0 Å². The molecular weight excluding hydrogens is 418 g/mol. The van der Waals surface area contributed by atoms with Gasteiger partial charge in [-0.2, -0.15) is 0 Å². The van der Waals surface area contributed by atoms with Crippen molar-refractivity contribution in [1.29, 1.82) is 0 Å². The molecule has 0 atom stereocenters. The summed E-state index contributed by atoms with van der Waals surface area (Å²) in [4.78, 5) is 12.1. The van der Waals surface area contributed by atoms with Crippen molar-refractivity contribution in [2.75, 3.05) is 11.9 Å². The minimum absolute atomic E-state index is 0.120. The van der Waals surface area contributed by atoms with Crippen molar-refractivity contribution in [2.24, 2.45) is 0 Å². The van der Waals surface area contributed by atoms with Gasteiger partial charge in [0, 0.05) is 12.1 Å². The quantitative estimate of drug-likeness (QED) is 0.152. The summed E-state index contributed by atoms with van der Waals surface area (Å²) >= 11 is 0. The topological polar surface area (TPSA) is 38.3 Å². The summed E-state index contributed by atoms with van der Waals surface area (Å²) in [6, 6.07) is 7.67. The van der Waals surface area contributed by atoms with E-state index in [4.69, 9.17) is 4.74 Å².